The number of carboxylic acids is 1. The number of carbonyl (C=O) groups is 1. The molecule has 33 heavy (non-hydrogen) atoms. The number of hydrogen-bond acceptors (Lipinski definition) is 5. The lowest BCUT2D eigenvalue weighted by atomic mass is 9.94. The summed E-state index contributed by atoms with van der Waals surface area (Å²) in [6, 6.07) is 2.57. The molecule has 0 radical (unpaired) electrons. The molecule has 6 nitrogen and oxygen atoms in total. The van der Waals surface area contributed by atoms with Gasteiger partial charge in [0.1, 0.15) is 5.75 Å². The third-order valence-electron chi connectivity index (χ3n) is 5.66. The first-order valence-electron chi connectivity index (χ1n) is 11.0. The van der Waals surface area contributed by atoms with Crippen molar-refractivity contribution < 1.29 is 38.0 Å². The van der Waals surface area contributed by atoms with Crippen LogP contribution >= 0.6 is 0 Å². The Kier molecular flexibility index (Phi) is 9.17. The minimum absolute atomic E-state index is 0.00143. The van der Waals surface area contributed by atoms with Crippen LogP contribution in [0.3, 0.4) is 0 Å². The first-order chi connectivity index (χ1) is 15.3. The molecule has 1 aliphatic rings. The second-order valence-corrected chi connectivity index (χ2v) is 9.01. The summed E-state index contributed by atoms with van der Waals surface area (Å²) in [5.74, 6) is -2.03. The Morgan fingerprint density at radius 3 is 2.45 bits per heavy atom. The SMILES string of the molecule is Cc1cc(OC(F)F)cc(/C=C/C[C@@H]2OC(C)(C)O[C@@H]2C(C)/C=C\[C@@H](C)[C@H](C)O)c1C(=O)O. The fourth-order valence-electron chi connectivity index (χ4n) is 3.82. The van der Waals surface area contributed by atoms with Gasteiger partial charge in [-0.1, -0.05) is 38.2 Å². The Morgan fingerprint density at radius 2 is 1.88 bits per heavy atom. The quantitative estimate of drug-likeness (QED) is 0.446. The van der Waals surface area contributed by atoms with Gasteiger partial charge in [0, 0.05) is 5.92 Å². The van der Waals surface area contributed by atoms with E-state index in [0.717, 1.165) is 0 Å². The zero-order valence-corrected chi connectivity index (χ0v) is 19.9. The maximum atomic E-state index is 12.6. The molecule has 184 valence electrons. The van der Waals surface area contributed by atoms with E-state index in [-0.39, 0.29) is 40.9 Å². The minimum atomic E-state index is -3.00. The zero-order chi connectivity index (χ0) is 24.9. The molecule has 0 aromatic heterocycles. The number of rotatable bonds is 10. The highest BCUT2D eigenvalue weighted by Gasteiger charge is 2.42. The summed E-state index contributed by atoms with van der Waals surface area (Å²) in [4.78, 5) is 11.7. The zero-order valence-electron chi connectivity index (χ0n) is 19.9. The fraction of sp³-hybridized carbons (Fsp3) is 0.560. The number of aromatic carboxylic acids is 1. The van der Waals surface area contributed by atoms with Crippen LogP contribution < -0.4 is 4.74 Å². The Bertz CT molecular complexity index is 878. The standard InChI is InChI=1S/C25H34F2O6/c1-14(17(4)28)10-11-15(2)22-20(32-25(5,6)33-22)9-7-8-18-13-19(31-24(26)27)12-16(3)21(18)23(29)30/h7-8,10-15,17,20,22,24,28H,9H2,1-6H3,(H,29,30)/b8-7+,11-10-/t14-,15?,17+,20+,22-/m1/s1. The molecule has 1 heterocycles. The van der Waals surface area contributed by atoms with Crippen molar-refractivity contribution in [1.82, 2.24) is 0 Å². The number of alkyl halides is 2. The molecule has 1 aliphatic heterocycles. The van der Waals surface area contributed by atoms with Gasteiger partial charge in [0.15, 0.2) is 5.79 Å². The average molecular weight is 469 g/mol. The van der Waals surface area contributed by atoms with Crippen molar-refractivity contribution in [2.75, 3.05) is 0 Å². The van der Waals surface area contributed by atoms with Crippen molar-refractivity contribution in [3.8, 4) is 5.75 Å². The predicted molar refractivity (Wildman–Crippen MR) is 121 cm³/mol. The molecule has 0 bridgehead atoms. The van der Waals surface area contributed by atoms with Crippen molar-refractivity contribution in [1.29, 1.82) is 0 Å². The van der Waals surface area contributed by atoms with Gasteiger partial charge in [-0.05, 0) is 63.3 Å². The van der Waals surface area contributed by atoms with E-state index in [1.165, 1.54) is 19.1 Å². The number of aliphatic hydroxyl groups excluding tert-OH is 1. The van der Waals surface area contributed by atoms with Gasteiger partial charge in [0.05, 0.1) is 23.9 Å². The average Bonchev–Trinajstić information content (AvgIpc) is 2.99. The molecular weight excluding hydrogens is 434 g/mol. The highest BCUT2D eigenvalue weighted by atomic mass is 19.3. The van der Waals surface area contributed by atoms with Gasteiger partial charge >= 0.3 is 12.6 Å². The number of aryl methyl sites for hydroxylation is 1. The molecule has 0 aliphatic carbocycles. The molecule has 1 unspecified atom stereocenters. The summed E-state index contributed by atoms with van der Waals surface area (Å²) < 4.78 is 41.9. The van der Waals surface area contributed by atoms with E-state index >= 15 is 0 Å². The lowest BCUT2D eigenvalue weighted by Gasteiger charge is -2.21. The van der Waals surface area contributed by atoms with Gasteiger partial charge in [-0.2, -0.15) is 8.78 Å². The highest BCUT2D eigenvalue weighted by Crippen LogP contribution is 2.35. The molecule has 2 N–H and O–H groups in total. The number of halogens is 2. The molecule has 0 amide bonds. The number of carboxylic acid groups (broad SMARTS) is 1. The monoisotopic (exact) mass is 468 g/mol. The molecule has 0 saturated carbocycles. The van der Waals surface area contributed by atoms with Gasteiger partial charge in [0.2, 0.25) is 0 Å². The van der Waals surface area contributed by atoms with Gasteiger partial charge in [-0.15, -0.1) is 0 Å². The van der Waals surface area contributed by atoms with Crippen LogP contribution in [0.2, 0.25) is 0 Å². The summed E-state index contributed by atoms with van der Waals surface area (Å²) in [6.07, 6.45) is 6.70. The molecule has 1 saturated heterocycles. The van der Waals surface area contributed by atoms with Crippen molar-refractivity contribution in [2.24, 2.45) is 11.8 Å². The minimum Gasteiger partial charge on any atom is -0.478 e. The van der Waals surface area contributed by atoms with Crippen molar-refractivity contribution in [3.05, 3.63) is 47.1 Å². The molecule has 8 heteroatoms. The van der Waals surface area contributed by atoms with E-state index in [9.17, 15) is 23.8 Å². The first-order valence-corrected chi connectivity index (χ1v) is 11.0. The molecule has 1 aromatic rings. The van der Waals surface area contributed by atoms with Crippen LogP contribution in [-0.4, -0.2) is 46.9 Å². The molecule has 1 fully saturated rings. The Morgan fingerprint density at radius 1 is 1.21 bits per heavy atom. The highest BCUT2D eigenvalue weighted by molar-refractivity contribution is 5.94. The summed E-state index contributed by atoms with van der Waals surface area (Å²) in [5.41, 5.74) is 0.620. The van der Waals surface area contributed by atoms with E-state index in [1.54, 1.807) is 19.1 Å². The summed E-state index contributed by atoms with van der Waals surface area (Å²) in [6.45, 7) is 7.86. The Labute approximate surface area is 193 Å². The first kappa shape index (κ1) is 27.0. The topological polar surface area (TPSA) is 85.2 Å². The number of aliphatic hydroxyl groups is 1. The van der Waals surface area contributed by atoms with E-state index in [1.807, 2.05) is 39.8 Å². The lowest BCUT2D eigenvalue weighted by Crippen LogP contribution is -2.28. The maximum Gasteiger partial charge on any atom is 0.387 e. The Balaban J connectivity index is 2.22. The van der Waals surface area contributed by atoms with Crippen LogP contribution in [0.1, 0.15) is 62.5 Å². The van der Waals surface area contributed by atoms with E-state index in [2.05, 4.69) is 4.74 Å². The number of hydrogen-bond donors (Lipinski definition) is 2. The van der Waals surface area contributed by atoms with Crippen molar-refractivity contribution >= 4 is 12.0 Å². The smallest absolute Gasteiger partial charge is 0.387 e. The van der Waals surface area contributed by atoms with E-state index in [4.69, 9.17) is 9.47 Å². The van der Waals surface area contributed by atoms with E-state index < -0.39 is 24.5 Å². The second-order valence-electron chi connectivity index (χ2n) is 9.01. The van der Waals surface area contributed by atoms with Crippen LogP contribution in [0.5, 0.6) is 5.75 Å². The molecule has 5 atom stereocenters. The van der Waals surface area contributed by atoms with Gasteiger partial charge in [-0.25, -0.2) is 4.79 Å². The van der Waals surface area contributed by atoms with Crippen molar-refractivity contribution in [3.63, 3.8) is 0 Å². The van der Waals surface area contributed by atoms with Crippen LogP contribution in [0.15, 0.2) is 30.4 Å². The molecular formula is C25H34F2O6. The summed E-state index contributed by atoms with van der Waals surface area (Å²) in [7, 11) is 0. The predicted octanol–water partition coefficient (Wildman–Crippen LogP) is 5.43. The number of benzene rings is 1. The van der Waals surface area contributed by atoms with Gasteiger partial charge < -0.3 is 24.4 Å². The summed E-state index contributed by atoms with van der Waals surface area (Å²) >= 11 is 0. The second kappa shape index (κ2) is 11.2. The van der Waals surface area contributed by atoms with Crippen LogP contribution in [-0.2, 0) is 9.47 Å². The van der Waals surface area contributed by atoms with Crippen LogP contribution in [0.25, 0.3) is 6.08 Å². The van der Waals surface area contributed by atoms with Gasteiger partial charge in [0.25, 0.3) is 0 Å². The molecule has 1 aromatic carbocycles. The largest absolute Gasteiger partial charge is 0.478 e. The third-order valence-corrected chi connectivity index (χ3v) is 5.66. The number of ether oxygens (including phenoxy) is 3. The third kappa shape index (κ3) is 7.62. The van der Waals surface area contributed by atoms with Crippen LogP contribution in [0.4, 0.5) is 8.78 Å². The molecule has 0 spiro atoms. The van der Waals surface area contributed by atoms with Crippen LogP contribution in [0, 0.1) is 18.8 Å². The fourth-order valence-corrected chi connectivity index (χ4v) is 3.82. The normalized spacial score (nSPS) is 23.3. The lowest BCUT2D eigenvalue weighted by molar-refractivity contribution is -0.148. The van der Waals surface area contributed by atoms with Gasteiger partial charge in [-0.3, -0.25) is 0 Å². The Hall–Kier alpha value is -2.29. The van der Waals surface area contributed by atoms with Crippen molar-refractivity contribution in [2.45, 2.75) is 78.7 Å². The molecule has 2 rings (SSSR count). The van der Waals surface area contributed by atoms with E-state index in [0.29, 0.717) is 12.0 Å². The summed E-state index contributed by atoms with van der Waals surface area (Å²) in [5, 5.41) is 19.3. The maximum absolute atomic E-state index is 12.6.